The summed E-state index contributed by atoms with van der Waals surface area (Å²) >= 11 is 9.00. The Bertz CT molecular complexity index is 330. The van der Waals surface area contributed by atoms with Gasteiger partial charge in [0, 0.05) is 12.4 Å². The van der Waals surface area contributed by atoms with Crippen molar-refractivity contribution in [1.29, 1.82) is 0 Å². The second kappa shape index (κ2) is 4.58. The number of esters is 1. The maximum Gasteiger partial charge on any atom is 0.341 e. The first-order valence-electron chi connectivity index (χ1n) is 3.63. The van der Waals surface area contributed by atoms with Gasteiger partial charge in [0.15, 0.2) is 0 Å². The molecule has 5 heteroatoms. The van der Waals surface area contributed by atoms with E-state index in [1.807, 2.05) is 0 Å². The maximum absolute atomic E-state index is 11.3. The molecule has 0 spiro atoms. The fourth-order valence-electron chi connectivity index (χ4n) is 0.770. The predicted molar refractivity (Wildman–Crippen MR) is 52.9 cm³/mol. The number of rotatable bonds is 2. The zero-order chi connectivity index (χ0) is 9.84. The number of aromatic nitrogens is 1. The number of pyridine rings is 1. The van der Waals surface area contributed by atoms with E-state index in [2.05, 4.69) is 20.9 Å². The Morgan fingerprint density at radius 3 is 3.00 bits per heavy atom. The lowest BCUT2D eigenvalue weighted by atomic mass is 10.3. The fourth-order valence-corrected chi connectivity index (χ4v) is 1.28. The minimum Gasteiger partial charge on any atom is -0.462 e. The van der Waals surface area contributed by atoms with Gasteiger partial charge in [-0.15, -0.1) is 0 Å². The summed E-state index contributed by atoms with van der Waals surface area (Å²) < 4.78 is 5.36. The number of hydrogen-bond donors (Lipinski definition) is 0. The van der Waals surface area contributed by atoms with Crippen LogP contribution in [0, 0.1) is 0 Å². The van der Waals surface area contributed by atoms with Crippen molar-refractivity contribution in [3.05, 3.63) is 27.5 Å². The van der Waals surface area contributed by atoms with Crippen LogP contribution in [0.3, 0.4) is 0 Å². The van der Waals surface area contributed by atoms with Crippen LogP contribution >= 0.6 is 27.5 Å². The van der Waals surface area contributed by atoms with E-state index in [9.17, 15) is 4.79 Å². The van der Waals surface area contributed by atoms with Gasteiger partial charge < -0.3 is 4.74 Å². The molecule has 1 rings (SSSR count). The molecule has 0 amide bonds. The average Bonchev–Trinajstić information content (AvgIpc) is 2.10. The van der Waals surface area contributed by atoms with Crippen LogP contribution in [0.1, 0.15) is 17.3 Å². The first-order valence-corrected chi connectivity index (χ1v) is 4.80. The molecule has 0 saturated carbocycles. The molecule has 0 atom stereocenters. The summed E-state index contributed by atoms with van der Waals surface area (Å²) in [5.74, 6) is -0.457. The van der Waals surface area contributed by atoms with Gasteiger partial charge in [-0.1, -0.05) is 11.6 Å². The van der Waals surface area contributed by atoms with Gasteiger partial charge in [-0.05, 0) is 22.9 Å². The summed E-state index contributed by atoms with van der Waals surface area (Å²) in [6.07, 6.45) is 2.90. The summed E-state index contributed by atoms with van der Waals surface area (Å²) in [5, 5.41) is 0.327. The van der Waals surface area contributed by atoms with Gasteiger partial charge in [0.1, 0.15) is 0 Å². The molecular formula is C8H7BrClNO2. The highest BCUT2D eigenvalue weighted by Crippen LogP contribution is 2.25. The van der Waals surface area contributed by atoms with E-state index in [0.29, 0.717) is 16.1 Å². The minimum atomic E-state index is -0.457. The predicted octanol–water partition coefficient (Wildman–Crippen LogP) is 2.67. The van der Waals surface area contributed by atoms with E-state index in [4.69, 9.17) is 16.3 Å². The van der Waals surface area contributed by atoms with Crippen LogP contribution in [0.4, 0.5) is 0 Å². The van der Waals surface area contributed by atoms with Gasteiger partial charge in [0.2, 0.25) is 0 Å². The van der Waals surface area contributed by atoms with E-state index in [0.717, 1.165) is 0 Å². The molecule has 0 aliphatic carbocycles. The van der Waals surface area contributed by atoms with Crippen LogP contribution in [-0.2, 0) is 4.74 Å². The smallest absolute Gasteiger partial charge is 0.341 e. The normalized spacial score (nSPS) is 9.77. The molecule has 1 aromatic rings. The van der Waals surface area contributed by atoms with Crippen LogP contribution in [0.25, 0.3) is 0 Å². The Kier molecular flexibility index (Phi) is 3.69. The van der Waals surface area contributed by atoms with Gasteiger partial charge in [-0.3, -0.25) is 4.98 Å². The summed E-state index contributed by atoms with van der Waals surface area (Å²) in [4.78, 5) is 15.1. The average molecular weight is 265 g/mol. The number of hydrogen-bond acceptors (Lipinski definition) is 3. The fraction of sp³-hybridized carbons (Fsp3) is 0.250. The lowest BCUT2D eigenvalue weighted by Crippen LogP contribution is -2.05. The van der Waals surface area contributed by atoms with Crippen LogP contribution in [0.15, 0.2) is 16.9 Å². The molecule has 70 valence electrons. The third-order valence-electron chi connectivity index (χ3n) is 1.33. The monoisotopic (exact) mass is 263 g/mol. The Morgan fingerprint density at radius 2 is 2.38 bits per heavy atom. The van der Waals surface area contributed by atoms with E-state index >= 15 is 0 Å². The summed E-state index contributed by atoms with van der Waals surface area (Å²) in [7, 11) is 0. The van der Waals surface area contributed by atoms with Crippen LogP contribution in [0.5, 0.6) is 0 Å². The second-order valence-electron chi connectivity index (χ2n) is 2.20. The highest BCUT2D eigenvalue weighted by atomic mass is 79.9. The van der Waals surface area contributed by atoms with Gasteiger partial charge >= 0.3 is 5.97 Å². The first-order chi connectivity index (χ1) is 6.16. The topological polar surface area (TPSA) is 39.2 Å². The molecule has 0 aromatic carbocycles. The van der Waals surface area contributed by atoms with Crippen LogP contribution in [0.2, 0.25) is 5.02 Å². The molecule has 0 radical (unpaired) electrons. The standard InChI is InChI=1S/C8H7BrClNO2/c1-2-13-8(12)5-3-11-4-6(9)7(5)10/h3-4H,2H2,1H3. The van der Waals surface area contributed by atoms with E-state index in [1.165, 1.54) is 12.4 Å². The lowest BCUT2D eigenvalue weighted by molar-refractivity contribution is 0.0526. The summed E-state index contributed by atoms with van der Waals surface area (Å²) in [6.45, 7) is 2.05. The van der Waals surface area contributed by atoms with Crippen molar-refractivity contribution in [2.24, 2.45) is 0 Å². The molecule has 0 saturated heterocycles. The molecule has 0 aliphatic heterocycles. The molecule has 0 bridgehead atoms. The van der Waals surface area contributed by atoms with Crippen LogP contribution < -0.4 is 0 Å². The van der Waals surface area contributed by atoms with Gasteiger partial charge in [-0.25, -0.2) is 4.79 Å². The SMILES string of the molecule is CCOC(=O)c1cncc(Br)c1Cl. The van der Waals surface area contributed by atoms with Crippen molar-refractivity contribution in [2.45, 2.75) is 6.92 Å². The third kappa shape index (κ3) is 2.42. The Labute approximate surface area is 89.2 Å². The Morgan fingerprint density at radius 1 is 1.69 bits per heavy atom. The van der Waals surface area contributed by atoms with Gasteiger partial charge in [0.05, 0.1) is 21.7 Å². The maximum atomic E-state index is 11.3. The number of carbonyl (C=O) groups is 1. The van der Waals surface area contributed by atoms with Gasteiger partial charge in [0.25, 0.3) is 0 Å². The zero-order valence-corrected chi connectivity index (χ0v) is 9.22. The molecule has 0 N–H and O–H groups in total. The molecule has 13 heavy (non-hydrogen) atoms. The zero-order valence-electron chi connectivity index (χ0n) is 6.88. The highest BCUT2D eigenvalue weighted by molar-refractivity contribution is 9.10. The molecule has 3 nitrogen and oxygen atoms in total. The molecule has 0 unspecified atom stereocenters. The molecular weight excluding hydrogens is 257 g/mol. The molecule has 1 heterocycles. The highest BCUT2D eigenvalue weighted by Gasteiger charge is 2.13. The number of carbonyl (C=O) groups excluding carboxylic acids is 1. The molecule has 1 aromatic heterocycles. The molecule has 0 aliphatic rings. The minimum absolute atomic E-state index is 0.276. The quantitative estimate of drug-likeness (QED) is 0.771. The van der Waals surface area contributed by atoms with Crippen molar-refractivity contribution < 1.29 is 9.53 Å². The molecule has 0 fully saturated rings. The van der Waals surface area contributed by atoms with Gasteiger partial charge in [-0.2, -0.15) is 0 Å². The van der Waals surface area contributed by atoms with Crippen LogP contribution in [-0.4, -0.2) is 17.6 Å². The number of nitrogens with zero attached hydrogens (tertiary/aromatic N) is 1. The van der Waals surface area contributed by atoms with E-state index in [-0.39, 0.29) is 5.56 Å². The van der Waals surface area contributed by atoms with E-state index in [1.54, 1.807) is 6.92 Å². The summed E-state index contributed by atoms with van der Waals surface area (Å²) in [6, 6.07) is 0. The number of halogens is 2. The third-order valence-corrected chi connectivity index (χ3v) is 2.57. The Hall–Kier alpha value is -0.610. The second-order valence-corrected chi connectivity index (χ2v) is 3.44. The lowest BCUT2D eigenvalue weighted by Gasteiger charge is -2.03. The van der Waals surface area contributed by atoms with Crippen molar-refractivity contribution in [3.8, 4) is 0 Å². The summed E-state index contributed by atoms with van der Waals surface area (Å²) in [5.41, 5.74) is 0.276. The van der Waals surface area contributed by atoms with Crippen molar-refractivity contribution in [1.82, 2.24) is 4.98 Å². The Balaban J connectivity index is 3.01. The first kappa shape index (κ1) is 10.5. The van der Waals surface area contributed by atoms with Crippen molar-refractivity contribution >= 4 is 33.5 Å². The van der Waals surface area contributed by atoms with Crippen molar-refractivity contribution in [3.63, 3.8) is 0 Å². The number of ether oxygens (including phenoxy) is 1. The van der Waals surface area contributed by atoms with Crippen molar-refractivity contribution in [2.75, 3.05) is 6.61 Å². The largest absolute Gasteiger partial charge is 0.462 e. The van der Waals surface area contributed by atoms with E-state index < -0.39 is 5.97 Å².